The molecule has 1 aromatic heterocycles. The van der Waals surface area contributed by atoms with Crippen molar-refractivity contribution in [2.75, 3.05) is 0 Å². The first kappa shape index (κ1) is 11.9. The Bertz CT molecular complexity index is 404. The molecule has 0 unspecified atom stereocenters. The minimum Gasteiger partial charge on any atom is -0.198 e. The summed E-state index contributed by atoms with van der Waals surface area (Å²) in [4.78, 5) is 11.6. The molecule has 0 N–H and O–H groups in total. The van der Waals surface area contributed by atoms with Crippen LogP contribution in [-0.4, -0.2) is 15.0 Å². The van der Waals surface area contributed by atoms with Crippen molar-refractivity contribution in [1.29, 1.82) is 0 Å². The summed E-state index contributed by atoms with van der Waals surface area (Å²) in [6.07, 6.45) is 7.10. The molecule has 1 heterocycles. The van der Waals surface area contributed by atoms with Crippen molar-refractivity contribution in [3.05, 3.63) is 47.3 Å². The molecule has 0 amide bonds. The van der Waals surface area contributed by atoms with E-state index in [4.69, 9.17) is 23.2 Å². The molecule has 0 saturated heterocycles. The fourth-order valence-corrected chi connectivity index (χ4v) is 1.33. The van der Waals surface area contributed by atoms with E-state index in [0.29, 0.717) is 5.82 Å². The highest BCUT2D eigenvalue weighted by molar-refractivity contribution is 6.31. The van der Waals surface area contributed by atoms with Crippen LogP contribution in [0.25, 0.3) is 5.57 Å². The van der Waals surface area contributed by atoms with E-state index in [2.05, 4.69) is 21.5 Å². The molecular weight excluding hydrogens is 233 g/mol. The van der Waals surface area contributed by atoms with Crippen LogP contribution < -0.4 is 0 Å². The largest absolute Gasteiger partial charge is 0.227 e. The van der Waals surface area contributed by atoms with Gasteiger partial charge in [0.05, 0.1) is 0 Å². The van der Waals surface area contributed by atoms with Crippen LogP contribution >= 0.6 is 23.2 Å². The number of nitrogens with zero attached hydrogens (tertiary/aromatic N) is 3. The van der Waals surface area contributed by atoms with Gasteiger partial charge >= 0.3 is 0 Å². The lowest BCUT2D eigenvalue weighted by molar-refractivity contribution is 1.02. The van der Waals surface area contributed by atoms with E-state index < -0.39 is 0 Å². The van der Waals surface area contributed by atoms with Gasteiger partial charge in [0.25, 0.3) is 0 Å². The fourth-order valence-electron chi connectivity index (χ4n) is 0.966. The highest BCUT2D eigenvalue weighted by Crippen LogP contribution is 2.15. The Morgan fingerprint density at radius 3 is 2.27 bits per heavy atom. The lowest BCUT2D eigenvalue weighted by Crippen LogP contribution is -1.96. The van der Waals surface area contributed by atoms with Gasteiger partial charge in [-0.2, -0.15) is 15.0 Å². The van der Waals surface area contributed by atoms with Crippen LogP contribution in [0.15, 0.2) is 30.9 Å². The lowest BCUT2D eigenvalue weighted by Gasteiger charge is -2.00. The summed E-state index contributed by atoms with van der Waals surface area (Å²) < 4.78 is 0. The average molecular weight is 242 g/mol. The maximum absolute atomic E-state index is 5.67. The highest BCUT2D eigenvalue weighted by Gasteiger charge is 2.05. The van der Waals surface area contributed by atoms with Gasteiger partial charge in [0, 0.05) is 5.57 Å². The highest BCUT2D eigenvalue weighted by atomic mass is 35.5. The van der Waals surface area contributed by atoms with Gasteiger partial charge in [-0.25, -0.2) is 0 Å². The summed E-state index contributed by atoms with van der Waals surface area (Å²) in [5.41, 5.74) is 0.777. The van der Waals surface area contributed by atoms with E-state index in [1.807, 2.05) is 19.1 Å². The predicted octanol–water partition coefficient (Wildman–Crippen LogP) is 3.32. The molecule has 0 spiro atoms. The van der Waals surface area contributed by atoms with E-state index in [0.717, 1.165) is 5.57 Å². The SMILES string of the molecule is C=C/C=C(\C=C/C)c1nc(Cl)nc(Cl)n1. The van der Waals surface area contributed by atoms with Gasteiger partial charge in [-0.1, -0.05) is 30.9 Å². The van der Waals surface area contributed by atoms with Crippen molar-refractivity contribution in [2.24, 2.45) is 0 Å². The zero-order chi connectivity index (χ0) is 11.3. The van der Waals surface area contributed by atoms with Gasteiger partial charge in [0.15, 0.2) is 5.82 Å². The zero-order valence-corrected chi connectivity index (χ0v) is 9.63. The number of aromatic nitrogens is 3. The van der Waals surface area contributed by atoms with Crippen LogP contribution in [0.4, 0.5) is 0 Å². The van der Waals surface area contributed by atoms with Gasteiger partial charge < -0.3 is 0 Å². The number of hydrogen-bond donors (Lipinski definition) is 0. The van der Waals surface area contributed by atoms with Crippen molar-refractivity contribution in [1.82, 2.24) is 15.0 Å². The third kappa shape index (κ3) is 3.46. The standard InChI is InChI=1S/C10H9Cl2N3/c1-3-5-7(6-4-2)8-13-9(11)15-10(12)14-8/h3-6H,1H2,2H3/b6-4-,7-5+. The third-order valence-electron chi connectivity index (χ3n) is 1.48. The van der Waals surface area contributed by atoms with Gasteiger partial charge in [-0.15, -0.1) is 0 Å². The molecule has 3 nitrogen and oxygen atoms in total. The normalized spacial score (nSPS) is 12.1. The van der Waals surface area contributed by atoms with Crippen LogP contribution in [0.5, 0.6) is 0 Å². The maximum Gasteiger partial charge on any atom is 0.227 e. The van der Waals surface area contributed by atoms with Crippen LogP contribution in [0.1, 0.15) is 12.7 Å². The molecule has 0 aliphatic heterocycles. The Hall–Kier alpha value is -1.19. The second kappa shape index (κ2) is 5.63. The Kier molecular flexibility index (Phi) is 4.46. The molecule has 0 atom stereocenters. The number of rotatable bonds is 3. The molecule has 1 rings (SSSR count). The first-order valence-electron chi connectivity index (χ1n) is 4.20. The fraction of sp³-hybridized carbons (Fsp3) is 0.100. The van der Waals surface area contributed by atoms with Crippen molar-refractivity contribution in [3.8, 4) is 0 Å². The van der Waals surface area contributed by atoms with Crippen LogP contribution in [0, 0.1) is 0 Å². The molecule has 0 radical (unpaired) electrons. The lowest BCUT2D eigenvalue weighted by atomic mass is 10.2. The van der Waals surface area contributed by atoms with Crippen molar-refractivity contribution in [3.63, 3.8) is 0 Å². The Balaban J connectivity index is 3.22. The van der Waals surface area contributed by atoms with E-state index >= 15 is 0 Å². The van der Waals surface area contributed by atoms with Gasteiger partial charge in [-0.3, -0.25) is 0 Å². The summed E-state index contributed by atoms with van der Waals surface area (Å²) >= 11 is 11.3. The quantitative estimate of drug-likeness (QED) is 0.763. The predicted molar refractivity (Wildman–Crippen MR) is 62.8 cm³/mol. The smallest absolute Gasteiger partial charge is 0.198 e. The van der Waals surface area contributed by atoms with Gasteiger partial charge in [0.1, 0.15) is 0 Å². The average Bonchev–Trinajstić information content (AvgIpc) is 2.16. The summed E-state index contributed by atoms with van der Waals surface area (Å²) in [5, 5.41) is 0.147. The number of allylic oxidation sites excluding steroid dienone is 5. The maximum atomic E-state index is 5.67. The van der Waals surface area contributed by atoms with E-state index in [9.17, 15) is 0 Å². The second-order valence-corrected chi connectivity index (χ2v) is 3.23. The summed E-state index contributed by atoms with van der Waals surface area (Å²) in [5.74, 6) is 0.429. The second-order valence-electron chi connectivity index (χ2n) is 2.55. The Morgan fingerprint density at radius 2 is 1.80 bits per heavy atom. The Morgan fingerprint density at radius 1 is 1.20 bits per heavy atom. The van der Waals surface area contributed by atoms with Crippen molar-refractivity contribution >= 4 is 28.8 Å². The van der Waals surface area contributed by atoms with E-state index in [-0.39, 0.29) is 10.6 Å². The number of hydrogen-bond acceptors (Lipinski definition) is 3. The molecule has 0 aliphatic rings. The van der Waals surface area contributed by atoms with Gasteiger partial charge in [-0.05, 0) is 30.1 Å². The molecule has 78 valence electrons. The van der Waals surface area contributed by atoms with Crippen molar-refractivity contribution in [2.45, 2.75) is 6.92 Å². The van der Waals surface area contributed by atoms with E-state index in [1.54, 1.807) is 12.2 Å². The molecule has 0 fully saturated rings. The minimum atomic E-state index is 0.0736. The summed E-state index contributed by atoms with van der Waals surface area (Å²) in [6.45, 7) is 5.50. The van der Waals surface area contributed by atoms with Crippen molar-refractivity contribution < 1.29 is 0 Å². The summed E-state index contributed by atoms with van der Waals surface area (Å²) in [6, 6.07) is 0. The Labute approximate surface area is 98.2 Å². The summed E-state index contributed by atoms with van der Waals surface area (Å²) in [7, 11) is 0. The van der Waals surface area contributed by atoms with E-state index in [1.165, 1.54) is 0 Å². The molecule has 0 saturated carbocycles. The topological polar surface area (TPSA) is 38.7 Å². The van der Waals surface area contributed by atoms with Crippen LogP contribution in [0.2, 0.25) is 10.6 Å². The van der Waals surface area contributed by atoms with Crippen LogP contribution in [0.3, 0.4) is 0 Å². The monoisotopic (exact) mass is 241 g/mol. The first-order chi connectivity index (χ1) is 7.17. The molecule has 15 heavy (non-hydrogen) atoms. The molecule has 1 aromatic rings. The van der Waals surface area contributed by atoms with Gasteiger partial charge in [0.2, 0.25) is 10.6 Å². The first-order valence-corrected chi connectivity index (χ1v) is 4.96. The molecule has 5 heteroatoms. The molecule has 0 aromatic carbocycles. The molecule has 0 bridgehead atoms. The number of halogens is 2. The molecule has 0 aliphatic carbocycles. The van der Waals surface area contributed by atoms with Crippen LogP contribution in [-0.2, 0) is 0 Å². The third-order valence-corrected chi connectivity index (χ3v) is 1.82. The zero-order valence-electron chi connectivity index (χ0n) is 8.11. The minimum absolute atomic E-state index is 0.0736. The molecular formula is C10H9Cl2N3.